The number of carbonyl (C=O) groups is 2. The summed E-state index contributed by atoms with van der Waals surface area (Å²) in [5, 5.41) is 34.0. The number of piperidine rings is 1. The molecule has 10 nitrogen and oxygen atoms in total. The molecule has 1 fully saturated rings. The number of aliphatic carboxylic acids is 2. The average Bonchev–Trinajstić information content (AvgIpc) is 2.78. The Balaban J connectivity index is 1.88. The number of likely N-dealkylation sites (tertiary alicyclic amines) is 1. The van der Waals surface area contributed by atoms with Gasteiger partial charge in [0.05, 0.1) is 28.6 Å². The molecule has 184 valence electrons. The number of non-ortho nitro benzene ring substituents is 1. The Labute approximate surface area is 198 Å². The van der Waals surface area contributed by atoms with Gasteiger partial charge in [0.15, 0.2) is 0 Å². The van der Waals surface area contributed by atoms with E-state index in [1.165, 1.54) is 51.3 Å². The number of carboxylic acids is 2. The topological polar surface area (TPSA) is 142 Å². The number of unbranched alkanes of at least 4 members (excludes halogenated alkanes) is 1. The van der Waals surface area contributed by atoms with Crippen molar-refractivity contribution in [2.75, 3.05) is 26.2 Å². The van der Waals surface area contributed by atoms with Gasteiger partial charge in [0.2, 0.25) is 0 Å². The number of hydrogen-bond donors (Lipinski definition) is 3. The van der Waals surface area contributed by atoms with E-state index in [-0.39, 0.29) is 39.5 Å². The van der Waals surface area contributed by atoms with Gasteiger partial charge in [-0.1, -0.05) is 6.42 Å². The minimum Gasteiger partial charge on any atom is -0.493 e. The molecule has 2 aliphatic rings. The molecular formula is C24H31N3O7. The van der Waals surface area contributed by atoms with Gasteiger partial charge in [0.25, 0.3) is 5.69 Å². The minimum atomic E-state index is -1.31. The van der Waals surface area contributed by atoms with Crippen molar-refractivity contribution in [1.82, 2.24) is 10.2 Å². The molecule has 1 aromatic carbocycles. The molecule has 1 saturated heterocycles. The van der Waals surface area contributed by atoms with Gasteiger partial charge in [-0.25, -0.2) is 9.59 Å². The van der Waals surface area contributed by atoms with Gasteiger partial charge in [0.1, 0.15) is 5.75 Å². The van der Waals surface area contributed by atoms with Crippen LogP contribution in [0.4, 0.5) is 5.69 Å². The predicted molar refractivity (Wildman–Crippen MR) is 125 cm³/mol. The molecule has 3 N–H and O–H groups in total. The lowest BCUT2D eigenvalue weighted by Gasteiger charge is -2.29. The summed E-state index contributed by atoms with van der Waals surface area (Å²) in [4.78, 5) is 37.5. The monoisotopic (exact) mass is 473 g/mol. The summed E-state index contributed by atoms with van der Waals surface area (Å²) >= 11 is 0. The Morgan fingerprint density at radius 1 is 1.09 bits per heavy atom. The highest BCUT2D eigenvalue weighted by Crippen LogP contribution is 2.43. The predicted octanol–water partition coefficient (Wildman–Crippen LogP) is 3.64. The van der Waals surface area contributed by atoms with E-state index in [1.807, 2.05) is 0 Å². The third-order valence-corrected chi connectivity index (χ3v) is 6.31. The first kappa shape index (κ1) is 25.2. The zero-order valence-corrected chi connectivity index (χ0v) is 19.5. The zero-order chi connectivity index (χ0) is 24.8. The summed E-state index contributed by atoms with van der Waals surface area (Å²) in [5.41, 5.74) is 0.0749. The zero-order valence-electron chi connectivity index (χ0n) is 19.5. The largest absolute Gasteiger partial charge is 0.493 e. The molecule has 34 heavy (non-hydrogen) atoms. The molecule has 0 amide bonds. The summed E-state index contributed by atoms with van der Waals surface area (Å²) in [5.74, 6) is -3.59. The van der Waals surface area contributed by atoms with Gasteiger partial charge in [-0.15, -0.1) is 0 Å². The number of carboxylic acid groups (broad SMARTS) is 2. The van der Waals surface area contributed by atoms with Crippen LogP contribution in [0.1, 0.15) is 57.4 Å². The van der Waals surface area contributed by atoms with Crippen LogP contribution in [0.25, 0.3) is 0 Å². The Kier molecular flexibility index (Phi) is 8.27. The first-order valence-corrected chi connectivity index (χ1v) is 11.5. The maximum atomic E-state index is 12.1. The molecule has 0 spiro atoms. The van der Waals surface area contributed by atoms with E-state index >= 15 is 0 Å². The lowest BCUT2D eigenvalue weighted by atomic mass is 9.80. The van der Waals surface area contributed by atoms with E-state index in [0.717, 1.165) is 32.5 Å². The summed E-state index contributed by atoms with van der Waals surface area (Å²) in [6, 6.07) is 3.91. The van der Waals surface area contributed by atoms with Crippen molar-refractivity contribution in [2.24, 2.45) is 0 Å². The van der Waals surface area contributed by atoms with Crippen LogP contribution in [0.15, 0.2) is 40.7 Å². The standard InChI is InChI=1S/C24H31N3O7/c1-15-20(23(28)29)22(21(24(30)31)16(2)25-15)18-14-17(27(32)33)8-9-19(18)34-13-7-6-12-26-10-4-3-5-11-26/h8-9,14,22,25H,3-7,10-13H2,1-2H3,(H,28,29)(H,30,31). The normalized spacial score (nSPS) is 17.5. The number of rotatable bonds is 10. The van der Waals surface area contributed by atoms with Crippen molar-refractivity contribution in [2.45, 2.75) is 51.9 Å². The third kappa shape index (κ3) is 5.74. The molecule has 0 radical (unpaired) electrons. The van der Waals surface area contributed by atoms with Crippen LogP contribution in [0.3, 0.4) is 0 Å². The van der Waals surface area contributed by atoms with E-state index in [4.69, 9.17) is 4.74 Å². The second-order valence-electron chi connectivity index (χ2n) is 8.68. The second kappa shape index (κ2) is 11.1. The average molecular weight is 474 g/mol. The number of nitro groups is 1. The van der Waals surface area contributed by atoms with Crippen molar-refractivity contribution >= 4 is 17.6 Å². The smallest absolute Gasteiger partial charge is 0.334 e. The minimum absolute atomic E-state index is 0.153. The van der Waals surface area contributed by atoms with Gasteiger partial charge >= 0.3 is 11.9 Å². The fourth-order valence-electron chi connectivity index (χ4n) is 4.68. The highest BCUT2D eigenvalue weighted by molar-refractivity contribution is 5.98. The number of nitro benzene ring substituents is 1. The molecule has 2 heterocycles. The molecule has 0 aliphatic carbocycles. The number of nitrogens with zero attached hydrogens (tertiary/aromatic N) is 2. The Hall–Kier alpha value is -3.40. The van der Waals surface area contributed by atoms with E-state index in [0.29, 0.717) is 6.61 Å². The summed E-state index contributed by atoms with van der Waals surface area (Å²) in [6.45, 7) is 6.60. The van der Waals surface area contributed by atoms with Crippen LogP contribution in [0.5, 0.6) is 5.75 Å². The molecule has 3 rings (SSSR count). The van der Waals surface area contributed by atoms with Crippen molar-refractivity contribution < 1.29 is 29.5 Å². The van der Waals surface area contributed by atoms with E-state index in [1.54, 1.807) is 0 Å². The van der Waals surface area contributed by atoms with Gasteiger partial charge in [-0.2, -0.15) is 0 Å². The quantitative estimate of drug-likeness (QED) is 0.264. The highest BCUT2D eigenvalue weighted by Gasteiger charge is 2.38. The molecule has 0 saturated carbocycles. The fourth-order valence-corrected chi connectivity index (χ4v) is 4.68. The van der Waals surface area contributed by atoms with Crippen molar-refractivity contribution in [3.63, 3.8) is 0 Å². The Morgan fingerprint density at radius 2 is 1.71 bits per heavy atom. The van der Waals surface area contributed by atoms with Crippen LogP contribution in [-0.4, -0.2) is 58.2 Å². The molecule has 0 bridgehead atoms. The SMILES string of the molecule is CC1=C(C(=O)O)C(c2cc([N+](=O)[O-])ccc2OCCCCN2CCCCC2)C(C(=O)O)=C(C)N1. The molecular weight excluding hydrogens is 442 g/mol. The number of dihydropyridines is 1. The van der Waals surface area contributed by atoms with Gasteiger partial charge in [0, 0.05) is 29.1 Å². The maximum Gasteiger partial charge on any atom is 0.334 e. The third-order valence-electron chi connectivity index (χ3n) is 6.31. The summed E-state index contributed by atoms with van der Waals surface area (Å²) < 4.78 is 5.95. The van der Waals surface area contributed by atoms with Crippen LogP contribution >= 0.6 is 0 Å². The molecule has 2 aliphatic heterocycles. The fraction of sp³-hybridized carbons (Fsp3) is 0.500. The van der Waals surface area contributed by atoms with E-state index in [2.05, 4.69) is 10.2 Å². The Bertz CT molecular complexity index is 989. The van der Waals surface area contributed by atoms with Crippen LogP contribution < -0.4 is 10.1 Å². The number of hydrogen-bond acceptors (Lipinski definition) is 7. The van der Waals surface area contributed by atoms with Gasteiger partial charge in [-0.3, -0.25) is 10.1 Å². The maximum absolute atomic E-state index is 12.1. The lowest BCUT2D eigenvalue weighted by molar-refractivity contribution is -0.384. The van der Waals surface area contributed by atoms with Crippen LogP contribution in [-0.2, 0) is 9.59 Å². The molecule has 0 unspecified atom stereocenters. The van der Waals surface area contributed by atoms with Gasteiger partial charge in [-0.05, 0) is 65.2 Å². The van der Waals surface area contributed by atoms with Crippen molar-refractivity contribution in [3.8, 4) is 5.75 Å². The molecule has 1 aromatic rings. The van der Waals surface area contributed by atoms with Gasteiger partial charge < -0.3 is 25.2 Å². The summed E-state index contributed by atoms with van der Waals surface area (Å²) in [6.07, 6.45) is 5.39. The molecule has 0 atom stereocenters. The van der Waals surface area contributed by atoms with Crippen molar-refractivity contribution in [3.05, 3.63) is 56.4 Å². The number of benzene rings is 1. The number of ether oxygens (including phenoxy) is 1. The first-order chi connectivity index (χ1) is 16.2. The highest BCUT2D eigenvalue weighted by atomic mass is 16.6. The molecule has 0 aromatic heterocycles. The van der Waals surface area contributed by atoms with Crippen molar-refractivity contribution in [1.29, 1.82) is 0 Å². The van der Waals surface area contributed by atoms with Crippen LogP contribution in [0.2, 0.25) is 0 Å². The number of nitrogens with one attached hydrogen (secondary N) is 1. The van der Waals surface area contributed by atoms with E-state index in [9.17, 15) is 29.9 Å². The number of allylic oxidation sites excluding steroid dienone is 2. The summed E-state index contributed by atoms with van der Waals surface area (Å²) in [7, 11) is 0. The lowest BCUT2D eigenvalue weighted by Crippen LogP contribution is -2.31. The molecule has 10 heteroatoms. The first-order valence-electron chi connectivity index (χ1n) is 11.5. The van der Waals surface area contributed by atoms with Crippen LogP contribution in [0, 0.1) is 10.1 Å². The second-order valence-corrected chi connectivity index (χ2v) is 8.68. The Morgan fingerprint density at radius 3 is 2.26 bits per heavy atom. The van der Waals surface area contributed by atoms with E-state index < -0.39 is 22.8 Å².